The highest BCUT2D eigenvalue weighted by molar-refractivity contribution is 5.73. The molecule has 0 amide bonds. The van der Waals surface area contributed by atoms with Gasteiger partial charge in [-0.25, -0.2) is 0 Å². The maximum atomic E-state index is 11.0. The van der Waals surface area contributed by atoms with Crippen molar-refractivity contribution in [3.05, 3.63) is 0 Å². The summed E-state index contributed by atoms with van der Waals surface area (Å²) >= 11 is 0. The Labute approximate surface area is 105 Å². The zero-order valence-electron chi connectivity index (χ0n) is 11.8. The number of ether oxygens (including phenoxy) is 1. The lowest BCUT2D eigenvalue weighted by Crippen LogP contribution is -2.35. The molecule has 0 bridgehead atoms. The van der Waals surface area contributed by atoms with Gasteiger partial charge in [-0.05, 0) is 47.1 Å². The highest BCUT2D eigenvalue weighted by atomic mass is 16.5. The number of hydrogen-bond donors (Lipinski definition) is 1. The molecular formula is C13H27NO3. The number of carbonyl (C=O) groups is 1. The van der Waals surface area contributed by atoms with Crippen LogP contribution in [0.5, 0.6) is 0 Å². The Morgan fingerprint density at radius 2 is 1.94 bits per heavy atom. The lowest BCUT2D eigenvalue weighted by molar-refractivity contribution is -0.147. The molecule has 0 aromatic carbocycles. The third-order valence-electron chi connectivity index (χ3n) is 3.14. The first-order chi connectivity index (χ1) is 7.81. The summed E-state index contributed by atoms with van der Waals surface area (Å²) in [4.78, 5) is 13.3. The predicted molar refractivity (Wildman–Crippen MR) is 69.2 cm³/mol. The minimum atomic E-state index is -0.717. The van der Waals surface area contributed by atoms with E-state index in [9.17, 15) is 4.79 Å². The van der Waals surface area contributed by atoms with E-state index in [0.29, 0.717) is 12.5 Å². The summed E-state index contributed by atoms with van der Waals surface area (Å²) in [6.07, 6.45) is 1.61. The van der Waals surface area contributed by atoms with E-state index in [-0.39, 0.29) is 0 Å². The predicted octanol–water partition coefficient (Wildman–Crippen LogP) is 2.23. The molecule has 0 spiro atoms. The van der Waals surface area contributed by atoms with E-state index in [0.717, 1.165) is 26.1 Å². The van der Waals surface area contributed by atoms with E-state index in [1.807, 2.05) is 0 Å². The lowest BCUT2D eigenvalue weighted by Gasteiger charge is -2.27. The average Bonchev–Trinajstić information content (AvgIpc) is 2.22. The van der Waals surface area contributed by atoms with E-state index in [2.05, 4.69) is 18.7 Å². The maximum absolute atomic E-state index is 11.0. The van der Waals surface area contributed by atoms with Crippen LogP contribution in [0.2, 0.25) is 0 Å². The molecule has 1 N–H and O–H groups in total. The topological polar surface area (TPSA) is 49.8 Å². The average molecular weight is 245 g/mol. The monoisotopic (exact) mass is 245 g/mol. The van der Waals surface area contributed by atoms with Crippen molar-refractivity contribution in [2.24, 2.45) is 5.41 Å². The van der Waals surface area contributed by atoms with Gasteiger partial charge in [0.2, 0.25) is 0 Å². The van der Waals surface area contributed by atoms with Crippen LogP contribution in [0.15, 0.2) is 0 Å². The van der Waals surface area contributed by atoms with Crippen molar-refractivity contribution in [1.29, 1.82) is 0 Å². The fraction of sp³-hybridized carbons (Fsp3) is 0.923. The normalized spacial score (nSPS) is 12.4. The number of aliphatic carboxylic acids is 1. The second-order valence-corrected chi connectivity index (χ2v) is 5.42. The molecule has 4 nitrogen and oxygen atoms in total. The van der Waals surface area contributed by atoms with Gasteiger partial charge in [0.05, 0.1) is 12.0 Å². The van der Waals surface area contributed by atoms with Crippen LogP contribution in [0.3, 0.4) is 0 Å². The molecule has 0 heterocycles. The molecule has 0 aliphatic carbocycles. The SMILES string of the molecule is COCCN(CCCC(C)(C)C(=O)O)C(C)C. The Balaban J connectivity index is 4.01. The molecule has 0 unspecified atom stereocenters. The maximum Gasteiger partial charge on any atom is 0.309 e. The molecule has 0 atom stereocenters. The van der Waals surface area contributed by atoms with Crippen molar-refractivity contribution in [1.82, 2.24) is 4.90 Å². The summed E-state index contributed by atoms with van der Waals surface area (Å²) < 4.78 is 5.07. The van der Waals surface area contributed by atoms with Crippen molar-refractivity contribution in [2.45, 2.75) is 46.6 Å². The minimum absolute atomic E-state index is 0.470. The first-order valence-electron chi connectivity index (χ1n) is 6.27. The van der Waals surface area contributed by atoms with E-state index < -0.39 is 11.4 Å². The van der Waals surface area contributed by atoms with Crippen LogP contribution in [-0.2, 0) is 9.53 Å². The van der Waals surface area contributed by atoms with Crippen molar-refractivity contribution in [3.63, 3.8) is 0 Å². The van der Waals surface area contributed by atoms with Gasteiger partial charge < -0.3 is 9.84 Å². The number of nitrogens with zero attached hydrogens (tertiary/aromatic N) is 1. The zero-order valence-corrected chi connectivity index (χ0v) is 11.8. The van der Waals surface area contributed by atoms with Gasteiger partial charge in [0.1, 0.15) is 0 Å². The fourth-order valence-electron chi connectivity index (χ4n) is 1.67. The number of carboxylic acids is 1. The number of rotatable bonds is 9. The molecule has 0 radical (unpaired) electrons. The van der Waals surface area contributed by atoms with Gasteiger partial charge in [-0.1, -0.05) is 0 Å². The van der Waals surface area contributed by atoms with Gasteiger partial charge in [-0.15, -0.1) is 0 Å². The van der Waals surface area contributed by atoms with E-state index >= 15 is 0 Å². The van der Waals surface area contributed by atoms with Crippen LogP contribution in [0.4, 0.5) is 0 Å². The highest BCUT2D eigenvalue weighted by Crippen LogP contribution is 2.22. The second kappa shape index (κ2) is 7.67. The summed E-state index contributed by atoms with van der Waals surface area (Å²) in [5.74, 6) is -0.717. The third-order valence-corrected chi connectivity index (χ3v) is 3.14. The Morgan fingerprint density at radius 3 is 2.35 bits per heavy atom. The lowest BCUT2D eigenvalue weighted by atomic mass is 9.88. The van der Waals surface area contributed by atoms with Crippen LogP contribution >= 0.6 is 0 Å². The Bertz CT molecular complexity index is 227. The van der Waals surface area contributed by atoms with Gasteiger partial charge >= 0.3 is 5.97 Å². The van der Waals surface area contributed by atoms with E-state index in [1.165, 1.54) is 0 Å². The Morgan fingerprint density at radius 1 is 1.35 bits per heavy atom. The number of hydrogen-bond acceptors (Lipinski definition) is 3. The fourth-order valence-corrected chi connectivity index (χ4v) is 1.67. The molecule has 0 aliphatic rings. The third kappa shape index (κ3) is 6.64. The second-order valence-electron chi connectivity index (χ2n) is 5.42. The zero-order chi connectivity index (χ0) is 13.5. The van der Waals surface area contributed by atoms with Crippen molar-refractivity contribution in [3.8, 4) is 0 Å². The number of methoxy groups -OCH3 is 1. The van der Waals surface area contributed by atoms with E-state index in [4.69, 9.17) is 9.84 Å². The molecule has 17 heavy (non-hydrogen) atoms. The van der Waals surface area contributed by atoms with Crippen LogP contribution < -0.4 is 0 Å². The number of carboxylic acid groups (broad SMARTS) is 1. The van der Waals surface area contributed by atoms with Crippen LogP contribution in [0.25, 0.3) is 0 Å². The van der Waals surface area contributed by atoms with Gasteiger partial charge in [0, 0.05) is 19.7 Å². The molecule has 0 aliphatic heterocycles. The van der Waals surface area contributed by atoms with Crippen LogP contribution in [-0.4, -0.2) is 48.8 Å². The molecule has 0 rings (SSSR count). The minimum Gasteiger partial charge on any atom is -0.481 e. The molecule has 0 aromatic rings. The quantitative estimate of drug-likeness (QED) is 0.677. The first-order valence-corrected chi connectivity index (χ1v) is 6.27. The molecule has 0 fully saturated rings. The highest BCUT2D eigenvalue weighted by Gasteiger charge is 2.26. The van der Waals surface area contributed by atoms with Gasteiger partial charge in [0.25, 0.3) is 0 Å². The molecule has 0 saturated heterocycles. The van der Waals surface area contributed by atoms with Gasteiger partial charge in [-0.3, -0.25) is 9.69 Å². The molecule has 4 heteroatoms. The first kappa shape index (κ1) is 16.4. The Hall–Kier alpha value is -0.610. The van der Waals surface area contributed by atoms with Gasteiger partial charge in [0.15, 0.2) is 0 Å². The van der Waals surface area contributed by atoms with Crippen molar-refractivity contribution >= 4 is 5.97 Å². The smallest absolute Gasteiger partial charge is 0.309 e. The molecule has 0 saturated carbocycles. The molecule has 102 valence electrons. The Kier molecular flexibility index (Phi) is 7.39. The van der Waals surface area contributed by atoms with Crippen LogP contribution in [0, 0.1) is 5.41 Å². The molecular weight excluding hydrogens is 218 g/mol. The van der Waals surface area contributed by atoms with Crippen molar-refractivity contribution < 1.29 is 14.6 Å². The summed E-state index contributed by atoms with van der Waals surface area (Å²) in [7, 11) is 1.70. The largest absolute Gasteiger partial charge is 0.481 e. The van der Waals surface area contributed by atoms with Crippen molar-refractivity contribution in [2.75, 3.05) is 26.8 Å². The summed E-state index contributed by atoms with van der Waals surface area (Å²) in [6.45, 7) is 10.4. The molecule has 0 aromatic heterocycles. The van der Waals surface area contributed by atoms with E-state index in [1.54, 1.807) is 21.0 Å². The van der Waals surface area contributed by atoms with Gasteiger partial charge in [-0.2, -0.15) is 0 Å². The summed E-state index contributed by atoms with van der Waals surface area (Å²) in [5, 5.41) is 9.02. The standard InChI is InChI=1S/C13H27NO3/c1-11(2)14(9-10-17-5)8-6-7-13(3,4)12(15)16/h11H,6-10H2,1-5H3,(H,15,16). The summed E-state index contributed by atoms with van der Waals surface area (Å²) in [5.41, 5.74) is -0.621. The summed E-state index contributed by atoms with van der Waals surface area (Å²) in [6, 6.07) is 0.470. The van der Waals surface area contributed by atoms with Crippen LogP contribution in [0.1, 0.15) is 40.5 Å².